The van der Waals surface area contributed by atoms with Gasteiger partial charge < -0.3 is 39.1 Å². The molecule has 4 aliphatic rings. The molecule has 6 atom stereocenters. The van der Waals surface area contributed by atoms with Crippen LogP contribution in [0.4, 0.5) is 4.79 Å². The topological polar surface area (TPSA) is 116 Å². The van der Waals surface area contributed by atoms with Crippen molar-refractivity contribution >= 4 is 12.1 Å². The largest absolute Gasteiger partial charge is 1.00 e. The van der Waals surface area contributed by atoms with Crippen LogP contribution in [0.2, 0.25) is 0 Å². The van der Waals surface area contributed by atoms with Crippen LogP contribution in [-0.2, 0) is 23.7 Å². The van der Waals surface area contributed by atoms with Crippen molar-refractivity contribution in [3.63, 3.8) is 0 Å². The van der Waals surface area contributed by atoms with Crippen LogP contribution in [0, 0.1) is 5.92 Å². The molecule has 3 aliphatic heterocycles. The Balaban J connectivity index is 0.00000289. The van der Waals surface area contributed by atoms with E-state index in [1.54, 1.807) is 12.0 Å². The average molecular weight is 461 g/mol. The number of ether oxygens (including phenoxy) is 4. The van der Waals surface area contributed by atoms with Gasteiger partial charge in [0.25, 0.3) is 0 Å². The molecule has 1 amide bonds. The second-order valence-electron chi connectivity index (χ2n) is 9.65. The van der Waals surface area contributed by atoms with Gasteiger partial charge >= 0.3 is 35.7 Å². The van der Waals surface area contributed by atoms with E-state index >= 15 is 0 Å². The van der Waals surface area contributed by atoms with E-state index in [4.69, 9.17) is 18.9 Å². The van der Waals surface area contributed by atoms with Crippen molar-refractivity contribution in [2.24, 2.45) is 5.92 Å². The first-order valence-corrected chi connectivity index (χ1v) is 11.1. The van der Waals surface area contributed by atoms with Gasteiger partial charge in [0, 0.05) is 32.8 Å². The second-order valence-corrected chi connectivity index (χ2v) is 9.65. The van der Waals surface area contributed by atoms with E-state index < -0.39 is 12.1 Å². The number of carbonyl (C=O) groups is 2. The number of allylic oxidation sites excluding steroid dienone is 1. The van der Waals surface area contributed by atoms with Crippen LogP contribution >= 0.6 is 0 Å². The van der Waals surface area contributed by atoms with Gasteiger partial charge in [-0.15, -0.1) is 0 Å². The minimum Gasteiger partial charge on any atom is -0.549 e. The van der Waals surface area contributed by atoms with Crippen LogP contribution in [0.5, 0.6) is 0 Å². The third-order valence-corrected chi connectivity index (χ3v) is 7.16. The molecule has 174 valence electrons. The van der Waals surface area contributed by atoms with Gasteiger partial charge in [-0.25, -0.2) is 4.79 Å². The fraction of sp³-hybridized carbons (Fsp3) is 0.818. The summed E-state index contributed by atoms with van der Waals surface area (Å²) in [7, 11) is 1.65. The molecule has 32 heavy (non-hydrogen) atoms. The molecule has 10 heteroatoms. The van der Waals surface area contributed by atoms with Crippen LogP contribution in [-0.4, -0.2) is 85.9 Å². The number of likely N-dealkylation sites (tertiary alicyclic amines) is 1. The third kappa shape index (κ3) is 5.19. The van der Waals surface area contributed by atoms with Gasteiger partial charge in [-0.2, -0.15) is 0 Å². The molecule has 4 fully saturated rings. The summed E-state index contributed by atoms with van der Waals surface area (Å²) >= 11 is 0. The molecular weight excluding hydrogens is 427 g/mol. The van der Waals surface area contributed by atoms with Crippen molar-refractivity contribution in [3.05, 3.63) is 11.6 Å². The maximum absolute atomic E-state index is 12.7. The maximum atomic E-state index is 12.7. The summed E-state index contributed by atoms with van der Waals surface area (Å²) in [5, 5.41) is 13.4. The molecule has 0 unspecified atom stereocenters. The number of nitrogens with one attached hydrogen (secondary N) is 1. The summed E-state index contributed by atoms with van der Waals surface area (Å²) in [5.74, 6) is -1.17. The SMILES string of the molecule is CO[C@@H]1[C@H](OC(=O)N2CC(NCC(=O)[O-])C2)CC[C@]2(CO2)[C@H]1[C@@]1(C)O[C@@H]1CC=C(C)C.[Na+]. The van der Waals surface area contributed by atoms with Gasteiger partial charge in [0.15, 0.2) is 0 Å². The summed E-state index contributed by atoms with van der Waals surface area (Å²) in [6.45, 7) is 7.56. The Bertz CT molecular complexity index is 749. The number of rotatable bonds is 8. The Morgan fingerprint density at radius 3 is 2.56 bits per heavy atom. The molecule has 3 heterocycles. The van der Waals surface area contributed by atoms with Gasteiger partial charge in [0.05, 0.1) is 24.6 Å². The minimum atomic E-state index is -1.16. The zero-order chi connectivity index (χ0) is 22.4. The first kappa shape index (κ1) is 25.9. The van der Waals surface area contributed by atoms with Crippen molar-refractivity contribution in [1.82, 2.24) is 10.2 Å². The maximum Gasteiger partial charge on any atom is 1.00 e. The molecule has 0 aromatic rings. The zero-order valence-corrected chi connectivity index (χ0v) is 21.7. The second kappa shape index (κ2) is 9.90. The molecule has 0 aromatic carbocycles. The molecule has 9 nitrogen and oxygen atoms in total. The number of hydrogen-bond donors (Lipinski definition) is 1. The number of carboxylic acid groups (broad SMARTS) is 1. The molecule has 0 aromatic heterocycles. The van der Waals surface area contributed by atoms with E-state index in [9.17, 15) is 14.7 Å². The number of nitrogens with zero attached hydrogens (tertiary/aromatic N) is 1. The monoisotopic (exact) mass is 460 g/mol. The van der Waals surface area contributed by atoms with Crippen LogP contribution in [0.3, 0.4) is 0 Å². The molecule has 1 spiro atoms. The number of amides is 1. The van der Waals surface area contributed by atoms with Crippen molar-refractivity contribution in [3.8, 4) is 0 Å². The average Bonchev–Trinajstić information content (AvgIpc) is 3.57. The molecule has 4 rings (SSSR count). The molecule has 3 saturated heterocycles. The first-order chi connectivity index (χ1) is 14.7. The fourth-order valence-electron chi connectivity index (χ4n) is 5.26. The molecule has 1 aliphatic carbocycles. The van der Waals surface area contributed by atoms with Gasteiger partial charge in [0.2, 0.25) is 0 Å². The predicted molar refractivity (Wildman–Crippen MR) is 108 cm³/mol. The zero-order valence-electron chi connectivity index (χ0n) is 19.7. The van der Waals surface area contributed by atoms with Crippen molar-refractivity contribution in [1.29, 1.82) is 0 Å². The fourth-order valence-corrected chi connectivity index (χ4v) is 5.26. The Labute approximate surface area is 211 Å². The standard InChI is InChI=1S/C22H34N2O7.Na/c1-13(2)5-6-16-21(3,31-16)19-18(28-4)15(7-8-22(19)12-29-22)30-20(27)24-10-14(11-24)23-9-17(25)26;/h5,14-16,18-19,23H,6-12H2,1-4H3,(H,25,26);/q;+1/p-1/t15-,16-,18-,19-,21+,22+;/m1./s1. The van der Waals surface area contributed by atoms with Crippen LogP contribution in [0.15, 0.2) is 11.6 Å². The smallest absolute Gasteiger partial charge is 0.549 e. The van der Waals surface area contributed by atoms with Gasteiger partial charge in [-0.1, -0.05) is 11.6 Å². The number of carboxylic acids is 1. The quantitative estimate of drug-likeness (QED) is 0.235. The summed E-state index contributed by atoms with van der Waals surface area (Å²) in [6.07, 6.45) is 3.54. The van der Waals surface area contributed by atoms with E-state index in [0.29, 0.717) is 26.1 Å². The van der Waals surface area contributed by atoms with Crippen LogP contribution < -0.4 is 40.0 Å². The van der Waals surface area contributed by atoms with E-state index in [1.165, 1.54) is 5.57 Å². The Kier molecular flexibility index (Phi) is 8.02. The molecular formula is C22H33N2NaO7. The van der Waals surface area contributed by atoms with Gasteiger partial charge in [-0.05, 0) is 40.0 Å². The normalized spacial score (nSPS) is 37.8. The Morgan fingerprint density at radius 2 is 2.00 bits per heavy atom. The molecule has 0 radical (unpaired) electrons. The third-order valence-electron chi connectivity index (χ3n) is 7.16. The Hall–Kier alpha value is -0.680. The minimum absolute atomic E-state index is 0. The molecule has 1 N–H and O–H groups in total. The number of aliphatic carboxylic acids is 1. The number of hydrogen-bond acceptors (Lipinski definition) is 8. The van der Waals surface area contributed by atoms with Gasteiger partial charge in [-0.3, -0.25) is 0 Å². The summed E-state index contributed by atoms with van der Waals surface area (Å²) in [5.41, 5.74) is 0.635. The van der Waals surface area contributed by atoms with Gasteiger partial charge in [0.1, 0.15) is 23.4 Å². The van der Waals surface area contributed by atoms with Crippen molar-refractivity contribution in [2.45, 2.75) is 75.6 Å². The summed E-state index contributed by atoms with van der Waals surface area (Å²) in [6, 6.07) is -0.0551. The van der Waals surface area contributed by atoms with E-state index in [-0.39, 0.29) is 77.6 Å². The predicted octanol–water partition coefficient (Wildman–Crippen LogP) is -2.77. The van der Waals surface area contributed by atoms with E-state index in [1.807, 2.05) is 0 Å². The first-order valence-electron chi connectivity index (χ1n) is 11.1. The van der Waals surface area contributed by atoms with Crippen LogP contribution in [0.25, 0.3) is 0 Å². The van der Waals surface area contributed by atoms with Crippen LogP contribution in [0.1, 0.15) is 40.0 Å². The number of epoxide rings is 2. The van der Waals surface area contributed by atoms with E-state index in [0.717, 1.165) is 12.8 Å². The summed E-state index contributed by atoms with van der Waals surface area (Å²) < 4.78 is 23.9. The number of carbonyl (C=O) groups excluding carboxylic acids is 2. The summed E-state index contributed by atoms with van der Waals surface area (Å²) in [4.78, 5) is 24.8. The van der Waals surface area contributed by atoms with Crippen molar-refractivity contribution < 1.29 is 63.2 Å². The number of methoxy groups -OCH3 is 1. The molecule has 1 saturated carbocycles. The molecule has 0 bridgehead atoms. The van der Waals surface area contributed by atoms with E-state index in [2.05, 4.69) is 32.2 Å². The van der Waals surface area contributed by atoms with Crippen molar-refractivity contribution in [2.75, 3.05) is 33.4 Å². The Morgan fingerprint density at radius 1 is 1.31 bits per heavy atom.